The molecule has 2 amide bonds. The summed E-state index contributed by atoms with van der Waals surface area (Å²) >= 11 is 6.05. The Kier molecular flexibility index (Phi) is 7.77. The van der Waals surface area contributed by atoms with Crippen molar-refractivity contribution in [1.29, 1.82) is 0 Å². The van der Waals surface area contributed by atoms with Gasteiger partial charge in [0.25, 0.3) is 5.91 Å². The molecule has 3 rings (SSSR count). The van der Waals surface area contributed by atoms with Gasteiger partial charge in [0, 0.05) is 23.7 Å². The van der Waals surface area contributed by atoms with Crippen molar-refractivity contribution in [2.75, 3.05) is 20.2 Å². The quantitative estimate of drug-likeness (QED) is 0.792. The fraction of sp³-hybridized carbons (Fsp3) is 0.579. The summed E-state index contributed by atoms with van der Waals surface area (Å²) in [6, 6.07) is 5.09. The van der Waals surface area contributed by atoms with E-state index < -0.39 is 6.04 Å². The first-order valence-corrected chi connectivity index (χ1v) is 9.55. The molecule has 150 valence electrons. The number of hydrogen-bond donors (Lipinski definition) is 2. The monoisotopic (exact) mass is 415 g/mol. The Labute approximate surface area is 171 Å². The molecule has 0 radical (unpaired) electrons. The molecule has 2 fully saturated rings. The van der Waals surface area contributed by atoms with E-state index in [0.717, 1.165) is 25.8 Å². The van der Waals surface area contributed by atoms with E-state index in [1.807, 2.05) is 0 Å². The van der Waals surface area contributed by atoms with Crippen LogP contribution in [0.5, 0.6) is 5.75 Å². The maximum Gasteiger partial charge on any atom is 0.258 e. The van der Waals surface area contributed by atoms with E-state index >= 15 is 0 Å². The largest absolute Gasteiger partial charge is 0.496 e. The fourth-order valence-electron chi connectivity index (χ4n) is 3.84. The number of likely N-dealkylation sites (tertiary alicyclic amines) is 1. The van der Waals surface area contributed by atoms with Gasteiger partial charge in [-0.25, -0.2) is 0 Å². The third kappa shape index (κ3) is 5.06. The second-order valence-corrected chi connectivity index (χ2v) is 7.52. The lowest BCUT2D eigenvalue weighted by molar-refractivity contribution is -0.125. The minimum atomic E-state index is -0.434. The number of piperidine rings is 1. The summed E-state index contributed by atoms with van der Waals surface area (Å²) in [6.45, 7) is 3.59. The number of amides is 2. The third-order valence-electron chi connectivity index (χ3n) is 5.18. The maximum atomic E-state index is 13.0. The van der Waals surface area contributed by atoms with Crippen molar-refractivity contribution in [3.05, 3.63) is 28.8 Å². The van der Waals surface area contributed by atoms with E-state index in [0.29, 0.717) is 35.3 Å². The van der Waals surface area contributed by atoms with Crippen LogP contribution in [0.25, 0.3) is 0 Å². The van der Waals surface area contributed by atoms with Crippen molar-refractivity contribution in [3.63, 3.8) is 0 Å². The van der Waals surface area contributed by atoms with Crippen LogP contribution >= 0.6 is 24.0 Å². The predicted octanol–water partition coefficient (Wildman–Crippen LogP) is 2.63. The van der Waals surface area contributed by atoms with Crippen LogP contribution in [-0.4, -0.2) is 55.0 Å². The Morgan fingerprint density at radius 1 is 1.33 bits per heavy atom. The molecule has 3 unspecified atom stereocenters. The second kappa shape index (κ2) is 9.62. The van der Waals surface area contributed by atoms with E-state index in [-0.39, 0.29) is 30.3 Å². The number of carbonyl (C=O) groups is 2. The normalized spacial score (nSPS) is 24.9. The molecule has 0 bridgehead atoms. The highest BCUT2D eigenvalue weighted by atomic mass is 35.5. The van der Waals surface area contributed by atoms with Crippen LogP contribution in [0.3, 0.4) is 0 Å². The third-order valence-corrected chi connectivity index (χ3v) is 5.41. The number of benzene rings is 1. The van der Waals surface area contributed by atoms with E-state index in [1.165, 1.54) is 7.11 Å². The second-order valence-electron chi connectivity index (χ2n) is 7.09. The van der Waals surface area contributed by atoms with Gasteiger partial charge < -0.3 is 20.3 Å². The molecule has 0 saturated carbocycles. The minimum absolute atomic E-state index is 0. The highest BCUT2D eigenvalue weighted by molar-refractivity contribution is 6.31. The van der Waals surface area contributed by atoms with Crippen molar-refractivity contribution in [2.24, 2.45) is 0 Å². The molecule has 0 aromatic heterocycles. The van der Waals surface area contributed by atoms with Gasteiger partial charge in [-0.15, -0.1) is 12.4 Å². The zero-order valence-corrected chi connectivity index (χ0v) is 17.2. The van der Waals surface area contributed by atoms with Gasteiger partial charge in [-0.2, -0.15) is 0 Å². The molecule has 2 N–H and O–H groups in total. The lowest BCUT2D eigenvalue weighted by Crippen LogP contribution is -2.52. The Morgan fingerprint density at radius 2 is 2.11 bits per heavy atom. The maximum absolute atomic E-state index is 13.0. The summed E-state index contributed by atoms with van der Waals surface area (Å²) in [7, 11) is 1.52. The van der Waals surface area contributed by atoms with Gasteiger partial charge in [0.2, 0.25) is 5.91 Å². The van der Waals surface area contributed by atoms with Crippen molar-refractivity contribution in [1.82, 2.24) is 15.5 Å². The van der Waals surface area contributed by atoms with Crippen LogP contribution in [0.15, 0.2) is 18.2 Å². The van der Waals surface area contributed by atoms with Crippen LogP contribution < -0.4 is 15.4 Å². The highest BCUT2D eigenvalue weighted by Gasteiger charge is 2.36. The molecule has 3 atom stereocenters. The number of ether oxygens (including phenoxy) is 1. The summed E-state index contributed by atoms with van der Waals surface area (Å²) in [5, 5.41) is 6.99. The van der Waals surface area contributed by atoms with Gasteiger partial charge in [0.15, 0.2) is 0 Å². The average molecular weight is 416 g/mol. The Bertz CT molecular complexity index is 686. The lowest BCUT2D eigenvalue weighted by atomic mass is 10.00. The van der Waals surface area contributed by atoms with Crippen LogP contribution in [0.2, 0.25) is 5.02 Å². The number of carbonyl (C=O) groups excluding carboxylic acids is 2. The molecule has 1 aromatic rings. The summed E-state index contributed by atoms with van der Waals surface area (Å²) in [4.78, 5) is 27.5. The number of halogens is 2. The molecule has 27 heavy (non-hydrogen) atoms. The predicted molar refractivity (Wildman–Crippen MR) is 108 cm³/mol. The first kappa shape index (κ1) is 21.8. The van der Waals surface area contributed by atoms with Crippen molar-refractivity contribution in [2.45, 2.75) is 50.7 Å². The Morgan fingerprint density at radius 3 is 2.81 bits per heavy atom. The number of hydrogen-bond acceptors (Lipinski definition) is 4. The molecule has 2 saturated heterocycles. The smallest absolute Gasteiger partial charge is 0.258 e. The molecular weight excluding hydrogens is 389 g/mol. The number of methoxy groups -OCH3 is 1. The molecule has 8 heteroatoms. The van der Waals surface area contributed by atoms with Crippen molar-refractivity contribution < 1.29 is 14.3 Å². The van der Waals surface area contributed by atoms with Crippen LogP contribution in [0.1, 0.15) is 43.0 Å². The van der Waals surface area contributed by atoms with Crippen molar-refractivity contribution >= 4 is 35.8 Å². The molecule has 6 nitrogen and oxygen atoms in total. The topological polar surface area (TPSA) is 70.7 Å². The minimum Gasteiger partial charge on any atom is -0.496 e. The van der Waals surface area contributed by atoms with E-state index in [2.05, 4.69) is 17.6 Å². The molecule has 0 spiro atoms. The summed E-state index contributed by atoms with van der Waals surface area (Å²) in [5.41, 5.74) is 0.398. The molecule has 2 aliphatic rings. The number of nitrogens with one attached hydrogen (secondary N) is 2. The van der Waals surface area contributed by atoms with Crippen LogP contribution in [0.4, 0.5) is 0 Å². The molecule has 1 aromatic carbocycles. The van der Waals surface area contributed by atoms with Gasteiger partial charge in [0.05, 0.1) is 12.7 Å². The Hall–Kier alpha value is -1.50. The average Bonchev–Trinajstić information content (AvgIpc) is 3.11. The summed E-state index contributed by atoms with van der Waals surface area (Å²) < 4.78 is 5.30. The van der Waals surface area contributed by atoms with Crippen LogP contribution in [-0.2, 0) is 4.79 Å². The van der Waals surface area contributed by atoms with E-state index in [4.69, 9.17) is 16.3 Å². The van der Waals surface area contributed by atoms with Gasteiger partial charge >= 0.3 is 0 Å². The van der Waals surface area contributed by atoms with Gasteiger partial charge in [-0.05, 0) is 57.4 Å². The van der Waals surface area contributed by atoms with Gasteiger partial charge in [0.1, 0.15) is 11.8 Å². The molecule has 0 aliphatic carbocycles. The van der Waals surface area contributed by atoms with Gasteiger partial charge in [-0.3, -0.25) is 9.59 Å². The first-order valence-electron chi connectivity index (χ1n) is 9.18. The lowest BCUT2D eigenvalue weighted by Gasteiger charge is -2.31. The Balaban J connectivity index is 0.00000261. The zero-order valence-electron chi connectivity index (χ0n) is 15.7. The van der Waals surface area contributed by atoms with Gasteiger partial charge in [-0.1, -0.05) is 11.6 Å². The highest BCUT2D eigenvalue weighted by Crippen LogP contribution is 2.28. The molecule has 2 heterocycles. The summed E-state index contributed by atoms with van der Waals surface area (Å²) in [5.74, 6) is 0.203. The van der Waals surface area contributed by atoms with Crippen molar-refractivity contribution in [3.8, 4) is 5.75 Å². The van der Waals surface area contributed by atoms with E-state index in [1.54, 1.807) is 23.1 Å². The molecular formula is C19H27Cl2N3O3. The number of nitrogens with zero attached hydrogens (tertiary/aromatic N) is 1. The fourth-order valence-corrected chi connectivity index (χ4v) is 4.02. The zero-order chi connectivity index (χ0) is 18.7. The van der Waals surface area contributed by atoms with Crippen LogP contribution in [0, 0.1) is 0 Å². The number of rotatable bonds is 4. The first-order chi connectivity index (χ1) is 12.5. The molecule has 2 aliphatic heterocycles. The van der Waals surface area contributed by atoms with E-state index in [9.17, 15) is 9.59 Å². The standard InChI is InChI=1S/C19H26ClN3O3.ClH/c1-12-10-14(7-8-21-12)22-18(24)16-4-3-9-23(16)19(25)15-11-13(20)5-6-17(15)26-2;/h5-6,11-12,14,16,21H,3-4,7-10H2,1-2H3,(H,22,24);1H. The summed E-state index contributed by atoms with van der Waals surface area (Å²) in [6.07, 6.45) is 3.32. The SMILES string of the molecule is COc1ccc(Cl)cc1C(=O)N1CCCC1C(=O)NC1CCNC(C)C1.Cl.